The lowest BCUT2D eigenvalue weighted by molar-refractivity contribution is -0.119. The Bertz CT molecular complexity index is 786. The van der Waals surface area contributed by atoms with Crippen LogP contribution >= 0.6 is 34.5 Å². The van der Waals surface area contributed by atoms with E-state index in [1.54, 1.807) is 31.3 Å². The fourth-order valence-electron chi connectivity index (χ4n) is 1.68. The number of sulfonamides is 1. The number of thiophene rings is 1. The van der Waals surface area contributed by atoms with Crippen LogP contribution in [-0.4, -0.2) is 21.4 Å². The average Bonchev–Trinajstić information content (AvgIpc) is 2.80. The summed E-state index contributed by atoms with van der Waals surface area (Å²) in [7, 11) is -2.24. The predicted octanol–water partition coefficient (Wildman–Crippen LogP) is 3.14. The highest BCUT2D eigenvalue weighted by atomic mass is 35.5. The maximum absolute atomic E-state index is 12.2. The second-order valence-corrected chi connectivity index (χ2v) is 8.28. The van der Waals surface area contributed by atoms with Gasteiger partial charge in [-0.2, -0.15) is 0 Å². The zero-order chi connectivity index (χ0) is 16.3. The molecule has 0 aliphatic heterocycles. The van der Waals surface area contributed by atoms with E-state index in [4.69, 9.17) is 23.2 Å². The molecule has 0 fully saturated rings. The van der Waals surface area contributed by atoms with Crippen LogP contribution in [0.4, 0.5) is 5.69 Å². The zero-order valence-corrected chi connectivity index (χ0v) is 14.5. The Labute approximate surface area is 142 Å². The Kier molecular flexibility index (Phi) is 5.33. The molecule has 1 amide bonds. The SMILES string of the molecule is CNC(=O)Cc1ccc(NS(=O)(=O)c2cc(Cl)sc2Cl)cc1. The Morgan fingerprint density at radius 1 is 1.23 bits per heavy atom. The minimum absolute atomic E-state index is 0.0568. The Balaban J connectivity index is 2.16. The number of halogens is 2. The van der Waals surface area contributed by atoms with Crippen LogP contribution in [0.3, 0.4) is 0 Å². The minimum Gasteiger partial charge on any atom is -0.359 e. The third-order valence-corrected chi connectivity index (χ3v) is 5.90. The topological polar surface area (TPSA) is 75.3 Å². The fourth-order valence-corrected chi connectivity index (χ4v) is 4.89. The van der Waals surface area contributed by atoms with Gasteiger partial charge < -0.3 is 5.32 Å². The summed E-state index contributed by atoms with van der Waals surface area (Å²) in [6.07, 6.45) is 0.232. The number of rotatable bonds is 5. The van der Waals surface area contributed by atoms with Crippen molar-refractivity contribution in [3.05, 3.63) is 44.6 Å². The van der Waals surface area contributed by atoms with Crippen LogP contribution in [0, 0.1) is 0 Å². The lowest BCUT2D eigenvalue weighted by Gasteiger charge is -2.08. The van der Waals surface area contributed by atoms with Gasteiger partial charge in [-0.1, -0.05) is 35.3 Å². The summed E-state index contributed by atoms with van der Waals surface area (Å²) in [6, 6.07) is 7.82. The summed E-state index contributed by atoms with van der Waals surface area (Å²) < 4.78 is 27.3. The molecule has 2 rings (SSSR count). The van der Waals surface area contributed by atoms with Gasteiger partial charge in [0.25, 0.3) is 10.0 Å². The smallest absolute Gasteiger partial charge is 0.264 e. The van der Waals surface area contributed by atoms with E-state index in [2.05, 4.69) is 10.0 Å². The Morgan fingerprint density at radius 3 is 2.36 bits per heavy atom. The largest absolute Gasteiger partial charge is 0.359 e. The van der Waals surface area contributed by atoms with Crippen LogP contribution < -0.4 is 10.0 Å². The van der Waals surface area contributed by atoms with E-state index in [0.29, 0.717) is 10.0 Å². The van der Waals surface area contributed by atoms with Gasteiger partial charge in [0.2, 0.25) is 5.91 Å². The first-order chi connectivity index (χ1) is 10.3. The van der Waals surface area contributed by atoms with Gasteiger partial charge in [-0.05, 0) is 23.8 Å². The van der Waals surface area contributed by atoms with Gasteiger partial charge in [0.15, 0.2) is 0 Å². The van der Waals surface area contributed by atoms with E-state index in [1.165, 1.54) is 6.07 Å². The third-order valence-electron chi connectivity index (χ3n) is 2.76. The van der Waals surface area contributed by atoms with Crippen molar-refractivity contribution in [3.63, 3.8) is 0 Å². The van der Waals surface area contributed by atoms with Crippen molar-refractivity contribution in [2.75, 3.05) is 11.8 Å². The normalized spacial score (nSPS) is 11.2. The van der Waals surface area contributed by atoms with Gasteiger partial charge in [-0.3, -0.25) is 9.52 Å². The molecule has 118 valence electrons. The van der Waals surface area contributed by atoms with Crippen molar-refractivity contribution in [3.8, 4) is 0 Å². The van der Waals surface area contributed by atoms with E-state index in [9.17, 15) is 13.2 Å². The van der Waals surface area contributed by atoms with Gasteiger partial charge in [0, 0.05) is 12.7 Å². The summed E-state index contributed by atoms with van der Waals surface area (Å²) in [5, 5.41) is 2.52. The molecule has 0 atom stereocenters. The van der Waals surface area contributed by atoms with Crippen molar-refractivity contribution in [2.45, 2.75) is 11.3 Å². The molecule has 2 N–H and O–H groups in total. The maximum atomic E-state index is 12.2. The lowest BCUT2D eigenvalue weighted by Crippen LogP contribution is -2.19. The first-order valence-corrected chi connectivity index (χ1v) is 9.14. The molecule has 0 aliphatic rings. The van der Waals surface area contributed by atoms with Crippen molar-refractivity contribution in [2.24, 2.45) is 0 Å². The van der Waals surface area contributed by atoms with Crippen LogP contribution in [-0.2, 0) is 21.2 Å². The van der Waals surface area contributed by atoms with Crippen LogP contribution in [0.5, 0.6) is 0 Å². The summed E-state index contributed by atoms with van der Waals surface area (Å²) in [5.41, 5.74) is 1.15. The predicted molar refractivity (Wildman–Crippen MR) is 89.4 cm³/mol. The molecule has 0 aliphatic carbocycles. The second kappa shape index (κ2) is 6.87. The van der Waals surface area contributed by atoms with E-state index in [1.807, 2.05) is 0 Å². The number of likely N-dealkylation sites (N-methyl/N-ethyl adjacent to an activating group) is 1. The highest BCUT2D eigenvalue weighted by molar-refractivity contribution is 7.93. The Hall–Kier alpha value is -1.28. The molecule has 0 saturated heterocycles. The molecule has 1 heterocycles. The molecule has 0 spiro atoms. The van der Waals surface area contributed by atoms with Gasteiger partial charge in [-0.15, -0.1) is 11.3 Å². The molecule has 0 bridgehead atoms. The molecule has 0 saturated carbocycles. The number of hydrogen-bond donors (Lipinski definition) is 2. The summed E-state index contributed by atoms with van der Waals surface area (Å²) in [4.78, 5) is 11.2. The number of benzene rings is 1. The third kappa shape index (κ3) is 4.13. The number of nitrogens with one attached hydrogen (secondary N) is 2. The molecule has 1 aromatic heterocycles. The minimum atomic E-state index is -3.80. The quantitative estimate of drug-likeness (QED) is 0.838. The Morgan fingerprint density at radius 2 is 1.86 bits per heavy atom. The zero-order valence-electron chi connectivity index (χ0n) is 11.4. The number of carbonyl (C=O) groups excluding carboxylic acids is 1. The van der Waals surface area contributed by atoms with Gasteiger partial charge in [-0.25, -0.2) is 8.42 Å². The highest BCUT2D eigenvalue weighted by Gasteiger charge is 2.21. The van der Waals surface area contributed by atoms with Gasteiger partial charge >= 0.3 is 0 Å². The van der Waals surface area contributed by atoms with E-state index in [-0.39, 0.29) is 21.6 Å². The van der Waals surface area contributed by atoms with Crippen LogP contribution in [0.1, 0.15) is 5.56 Å². The standard InChI is InChI=1S/C13H12Cl2N2O3S2/c1-16-12(18)6-8-2-4-9(5-3-8)17-22(19,20)10-7-11(14)21-13(10)15/h2-5,7,17H,6H2,1H3,(H,16,18). The number of amides is 1. The summed E-state index contributed by atoms with van der Waals surface area (Å²) >= 11 is 12.6. The molecule has 0 unspecified atom stereocenters. The van der Waals surface area contributed by atoms with Crippen molar-refractivity contribution in [1.82, 2.24) is 5.32 Å². The van der Waals surface area contributed by atoms with E-state index in [0.717, 1.165) is 16.9 Å². The maximum Gasteiger partial charge on any atom is 0.264 e. The average molecular weight is 379 g/mol. The first kappa shape index (κ1) is 17.1. The van der Waals surface area contributed by atoms with Gasteiger partial charge in [0.05, 0.1) is 10.8 Å². The van der Waals surface area contributed by atoms with Crippen LogP contribution in [0.2, 0.25) is 8.67 Å². The molecule has 0 radical (unpaired) electrons. The molecule has 5 nitrogen and oxygen atoms in total. The number of hydrogen-bond acceptors (Lipinski definition) is 4. The molecular weight excluding hydrogens is 367 g/mol. The summed E-state index contributed by atoms with van der Waals surface area (Å²) in [6.45, 7) is 0. The molecule has 22 heavy (non-hydrogen) atoms. The summed E-state index contributed by atoms with van der Waals surface area (Å²) in [5.74, 6) is -0.118. The second-order valence-electron chi connectivity index (χ2n) is 4.34. The highest BCUT2D eigenvalue weighted by Crippen LogP contribution is 2.35. The molecular formula is C13H12Cl2N2O3S2. The van der Waals surface area contributed by atoms with Crippen LogP contribution in [0.25, 0.3) is 0 Å². The number of carbonyl (C=O) groups is 1. The molecule has 1 aromatic carbocycles. The fraction of sp³-hybridized carbons (Fsp3) is 0.154. The van der Waals surface area contributed by atoms with E-state index >= 15 is 0 Å². The lowest BCUT2D eigenvalue weighted by atomic mass is 10.1. The van der Waals surface area contributed by atoms with Crippen molar-refractivity contribution >= 4 is 56.2 Å². The van der Waals surface area contributed by atoms with Gasteiger partial charge in [0.1, 0.15) is 9.23 Å². The first-order valence-electron chi connectivity index (χ1n) is 6.09. The van der Waals surface area contributed by atoms with Crippen molar-refractivity contribution < 1.29 is 13.2 Å². The van der Waals surface area contributed by atoms with Crippen LogP contribution in [0.15, 0.2) is 35.2 Å². The monoisotopic (exact) mass is 378 g/mol. The molecule has 2 aromatic rings. The number of anilines is 1. The van der Waals surface area contributed by atoms with Crippen molar-refractivity contribution in [1.29, 1.82) is 0 Å². The van der Waals surface area contributed by atoms with E-state index < -0.39 is 10.0 Å². The molecule has 9 heteroatoms.